The number of rotatable bonds is 5. The summed E-state index contributed by atoms with van der Waals surface area (Å²) < 4.78 is 17.4. The van der Waals surface area contributed by atoms with Crippen molar-refractivity contribution in [2.45, 2.75) is 50.5 Å². The van der Waals surface area contributed by atoms with Crippen molar-refractivity contribution in [1.82, 2.24) is 9.88 Å². The number of nitrogens with zero attached hydrogens (tertiary/aromatic N) is 2. The summed E-state index contributed by atoms with van der Waals surface area (Å²) in [4.78, 5) is 18.8. The van der Waals surface area contributed by atoms with Gasteiger partial charge in [-0.25, -0.2) is 0 Å². The van der Waals surface area contributed by atoms with Crippen molar-refractivity contribution < 1.29 is 19.0 Å². The second kappa shape index (κ2) is 7.81. The summed E-state index contributed by atoms with van der Waals surface area (Å²) in [5.41, 5.74) is 1.08. The molecule has 0 spiro atoms. The molecule has 0 aliphatic carbocycles. The van der Waals surface area contributed by atoms with Crippen molar-refractivity contribution in [2.75, 3.05) is 26.4 Å². The van der Waals surface area contributed by atoms with Crippen LogP contribution >= 0.6 is 0 Å². The first-order valence-electron chi connectivity index (χ1n) is 9.31. The quantitative estimate of drug-likeness (QED) is 0.813. The Hall–Kier alpha value is -1.50. The lowest BCUT2D eigenvalue weighted by atomic mass is 9.98. The summed E-state index contributed by atoms with van der Waals surface area (Å²) in [5.74, 6) is 0.319. The molecule has 3 aliphatic rings. The number of fused-ring (bicyclic) bond motifs is 1. The van der Waals surface area contributed by atoms with Crippen molar-refractivity contribution in [3.05, 3.63) is 30.1 Å². The Morgan fingerprint density at radius 1 is 1.32 bits per heavy atom. The highest BCUT2D eigenvalue weighted by molar-refractivity contribution is 5.80. The number of carbonyl (C=O) groups excluding carboxylic acids is 1. The third-order valence-corrected chi connectivity index (χ3v) is 5.49. The highest BCUT2D eigenvalue weighted by Gasteiger charge is 2.43. The Morgan fingerprint density at radius 3 is 3.08 bits per heavy atom. The fourth-order valence-corrected chi connectivity index (χ4v) is 4.15. The van der Waals surface area contributed by atoms with Crippen LogP contribution in [0, 0.1) is 5.92 Å². The SMILES string of the molecule is O=C(C1CCOC1)N1CC[C@@H]2O[C@H](COCc3cccnc3)CC[C@@H]21. The lowest BCUT2D eigenvalue weighted by Gasteiger charge is -2.36. The van der Waals surface area contributed by atoms with Gasteiger partial charge in [0.1, 0.15) is 0 Å². The van der Waals surface area contributed by atoms with E-state index in [9.17, 15) is 4.79 Å². The van der Waals surface area contributed by atoms with E-state index in [1.54, 1.807) is 6.20 Å². The predicted molar refractivity (Wildman–Crippen MR) is 90.8 cm³/mol. The Morgan fingerprint density at radius 2 is 2.28 bits per heavy atom. The van der Waals surface area contributed by atoms with Crippen LogP contribution in [0.2, 0.25) is 0 Å². The first kappa shape index (κ1) is 16.9. The summed E-state index contributed by atoms with van der Waals surface area (Å²) in [5, 5.41) is 0. The molecule has 1 amide bonds. The molecule has 25 heavy (non-hydrogen) atoms. The van der Waals surface area contributed by atoms with Gasteiger partial charge in [0.25, 0.3) is 0 Å². The van der Waals surface area contributed by atoms with Crippen LogP contribution in [0.1, 0.15) is 31.2 Å². The van der Waals surface area contributed by atoms with Gasteiger partial charge in [0.05, 0.1) is 44.0 Å². The van der Waals surface area contributed by atoms with E-state index in [0.29, 0.717) is 26.4 Å². The topological polar surface area (TPSA) is 60.9 Å². The molecule has 136 valence electrons. The van der Waals surface area contributed by atoms with Crippen LogP contribution in [0.5, 0.6) is 0 Å². The van der Waals surface area contributed by atoms with Gasteiger partial charge in [-0.15, -0.1) is 0 Å². The number of carbonyl (C=O) groups is 1. The van der Waals surface area contributed by atoms with E-state index in [0.717, 1.165) is 37.8 Å². The van der Waals surface area contributed by atoms with E-state index >= 15 is 0 Å². The van der Waals surface area contributed by atoms with Crippen LogP contribution in [0.4, 0.5) is 0 Å². The summed E-state index contributed by atoms with van der Waals surface area (Å²) in [6.45, 7) is 3.27. The van der Waals surface area contributed by atoms with Gasteiger partial charge in [-0.1, -0.05) is 6.07 Å². The number of pyridine rings is 1. The molecule has 6 nitrogen and oxygen atoms in total. The first-order valence-corrected chi connectivity index (χ1v) is 9.31. The molecular weight excluding hydrogens is 320 g/mol. The molecule has 0 radical (unpaired) electrons. The van der Waals surface area contributed by atoms with Crippen LogP contribution in [0.25, 0.3) is 0 Å². The fourth-order valence-electron chi connectivity index (χ4n) is 4.15. The second-order valence-corrected chi connectivity index (χ2v) is 7.20. The Balaban J connectivity index is 1.25. The summed E-state index contributed by atoms with van der Waals surface area (Å²) >= 11 is 0. The zero-order valence-corrected chi connectivity index (χ0v) is 14.5. The first-order chi connectivity index (χ1) is 12.3. The highest BCUT2D eigenvalue weighted by Crippen LogP contribution is 2.33. The monoisotopic (exact) mass is 346 g/mol. The van der Waals surface area contributed by atoms with Gasteiger partial charge in [-0.05, 0) is 37.3 Å². The normalized spacial score (nSPS) is 31.9. The van der Waals surface area contributed by atoms with Gasteiger partial charge < -0.3 is 19.1 Å². The van der Waals surface area contributed by atoms with E-state index in [1.807, 2.05) is 18.3 Å². The minimum atomic E-state index is 0.0549. The number of ether oxygens (including phenoxy) is 3. The molecule has 0 aromatic carbocycles. The third kappa shape index (κ3) is 3.86. The minimum Gasteiger partial charge on any atom is -0.381 e. The number of likely N-dealkylation sites (tertiary alicyclic amines) is 1. The Kier molecular flexibility index (Phi) is 5.29. The molecule has 3 saturated heterocycles. The molecule has 0 bridgehead atoms. The average molecular weight is 346 g/mol. The van der Waals surface area contributed by atoms with Crippen LogP contribution in [-0.4, -0.2) is 60.4 Å². The van der Waals surface area contributed by atoms with Gasteiger partial charge in [-0.2, -0.15) is 0 Å². The maximum absolute atomic E-state index is 12.7. The molecule has 1 aromatic heterocycles. The van der Waals surface area contributed by atoms with E-state index in [1.165, 1.54) is 0 Å². The number of hydrogen-bond donors (Lipinski definition) is 0. The zero-order chi connectivity index (χ0) is 17.1. The number of amides is 1. The lowest BCUT2D eigenvalue weighted by molar-refractivity contribution is -0.143. The molecule has 0 saturated carbocycles. The van der Waals surface area contributed by atoms with E-state index < -0.39 is 0 Å². The number of aromatic nitrogens is 1. The van der Waals surface area contributed by atoms with Crippen LogP contribution in [0.3, 0.4) is 0 Å². The maximum atomic E-state index is 12.7. The average Bonchev–Trinajstić information content (AvgIpc) is 3.32. The van der Waals surface area contributed by atoms with Crippen molar-refractivity contribution in [3.8, 4) is 0 Å². The molecule has 3 fully saturated rings. The van der Waals surface area contributed by atoms with Crippen LogP contribution in [0.15, 0.2) is 24.5 Å². The Bertz CT molecular complexity index is 576. The van der Waals surface area contributed by atoms with Crippen molar-refractivity contribution in [3.63, 3.8) is 0 Å². The molecule has 0 N–H and O–H groups in total. The second-order valence-electron chi connectivity index (χ2n) is 7.20. The van der Waals surface area contributed by atoms with E-state index in [-0.39, 0.29) is 30.1 Å². The molecule has 1 unspecified atom stereocenters. The van der Waals surface area contributed by atoms with Crippen LogP contribution < -0.4 is 0 Å². The zero-order valence-electron chi connectivity index (χ0n) is 14.5. The summed E-state index contributed by atoms with van der Waals surface area (Å²) in [6.07, 6.45) is 7.62. The van der Waals surface area contributed by atoms with Gasteiger partial charge in [0, 0.05) is 25.5 Å². The van der Waals surface area contributed by atoms with Crippen molar-refractivity contribution in [2.24, 2.45) is 5.92 Å². The smallest absolute Gasteiger partial charge is 0.228 e. The summed E-state index contributed by atoms with van der Waals surface area (Å²) in [7, 11) is 0. The predicted octanol–water partition coefficient (Wildman–Crippen LogP) is 1.78. The van der Waals surface area contributed by atoms with Gasteiger partial charge in [0.2, 0.25) is 5.91 Å². The largest absolute Gasteiger partial charge is 0.381 e. The van der Waals surface area contributed by atoms with Crippen LogP contribution in [-0.2, 0) is 25.6 Å². The molecule has 4 atom stereocenters. The third-order valence-electron chi connectivity index (χ3n) is 5.49. The standard InChI is InChI=1S/C19H26N2O4/c22-19(15-6-9-23-12-15)21-8-5-18-17(21)4-3-16(25-18)13-24-11-14-2-1-7-20-10-14/h1-2,7,10,15-18H,3-6,8-9,11-13H2/t15?,16-,17-,18-/m0/s1. The fraction of sp³-hybridized carbons (Fsp3) is 0.684. The number of hydrogen-bond acceptors (Lipinski definition) is 5. The van der Waals surface area contributed by atoms with E-state index in [2.05, 4.69) is 9.88 Å². The lowest BCUT2D eigenvalue weighted by Crippen LogP contribution is -2.47. The van der Waals surface area contributed by atoms with Gasteiger partial charge in [-0.3, -0.25) is 9.78 Å². The highest BCUT2D eigenvalue weighted by atomic mass is 16.5. The van der Waals surface area contributed by atoms with Gasteiger partial charge >= 0.3 is 0 Å². The molecule has 3 aliphatic heterocycles. The maximum Gasteiger partial charge on any atom is 0.228 e. The van der Waals surface area contributed by atoms with E-state index in [4.69, 9.17) is 14.2 Å². The summed E-state index contributed by atoms with van der Waals surface area (Å²) in [6, 6.07) is 4.17. The molecule has 1 aromatic rings. The Labute approximate surface area is 148 Å². The minimum absolute atomic E-state index is 0.0549. The molecule has 6 heteroatoms. The van der Waals surface area contributed by atoms with Crippen molar-refractivity contribution >= 4 is 5.91 Å². The van der Waals surface area contributed by atoms with Gasteiger partial charge in [0.15, 0.2) is 0 Å². The molecule has 4 heterocycles. The molecule has 4 rings (SSSR count). The molecular formula is C19H26N2O4. The van der Waals surface area contributed by atoms with Crippen molar-refractivity contribution in [1.29, 1.82) is 0 Å².